The standard InChI is InChI=1S/C17H23FN2O6S2/c1-2-26-17(21)20-9-7-19(8-10-20)15-11-27(22,23)12-16(15)28(24,25)14-5-3-13(18)4-6-14/h3-6,15-16H,2,7-12H2,1H3/t15-,16-/m0/s1. The van der Waals surface area contributed by atoms with E-state index in [-0.39, 0.29) is 17.3 Å². The van der Waals surface area contributed by atoms with Gasteiger partial charge in [-0.2, -0.15) is 0 Å². The zero-order chi connectivity index (χ0) is 20.5. The maximum absolute atomic E-state index is 13.2. The van der Waals surface area contributed by atoms with Gasteiger partial charge in [-0.3, -0.25) is 4.90 Å². The molecule has 2 fully saturated rings. The summed E-state index contributed by atoms with van der Waals surface area (Å²) >= 11 is 0. The molecule has 0 saturated carbocycles. The van der Waals surface area contributed by atoms with E-state index in [1.807, 2.05) is 4.90 Å². The third-order valence-corrected chi connectivity index (χ3v) is 9.26. The molecular formula is C17H23FN2O6S2. The van der Waals surface area contributed by atoms with Crippen molar-refractivity contribution in [3.63, 3.8) is 0 Å². The third-order valence-electron chi connectivity index (χ3n) is 5.12. The van der Waals surface area contributed by atoms with E-state index < -0.39 is 48.6 Å². The molecule has 0 unspecified atom stereocenters. The van der Waals surface area contributed by atoms with Gasteiger partial charge >= 0.3 is 6.09 Å². The van der Waals surface area contributed by atoms with Gasteiger partial charge in [-0.15, -0.1) is 0 Å². The number of sulfone groups is 2. The predicted molar refractivity (Wildman–Crippen MR) is 100.0 cm³/mol. The van der Waals surface area contributed by atoms with Gasteiger partial charge in [0.25, 0.3) is 0 Å². The van der Waals surface area contributed by atoms with Crippen LogP contribution in [0.4, 0.5) is 9.18 Å². The fourth-order valence-corrected chi connectivity index (χ4v) is 8.51. The highest BCUT2D eigenvalue weighted by Gasteiger charge is 2.48. The Morgan fingerprint density at radius 2 is 1.75 bits per heavy atom. The molecule has 2 atom stereocenters. The van der Waals surface area contributed by atoms with Crippen LogP contribution in [0.15, 0.2) is 29.2 Å². The number of benzene rings is 1. The Kier molecular flexibility index (Phi) is 5.97. The number of halogens is 1. The summed E-state index contributed by atoms with van der Waals surface area (Å²) in [7, 11) is -7.49. The van der Waals surface area contributed by atoms with Crippen molar-refractivity contribution in [2.45, 2.75) is 23.1 Å². The van der Waals surface area contributed by atoms with Crippen LogP contribution < -0.4 is 0 Å². The van der Waals surface area contributed by atoms with Gasteiger partial charge < -0.3 is 9.64 Å². The van der Waals surface area contributed by atoms with Gasteiger partial charge in [0.15, 0.2) is 19.7 Å². The predicted octanol–water partition coefficient (Wildman–Crippen LogP) is 0.539. The van der Waals surface area contributed by atoms with Crippen molar-refractivity contribution < 1.29 is 30.8 Å². The third kappa shape index (κ3) is 4.31. The molecular weight excluding hydrogens is 411 g/mol. The molecule has 156 valence electrons. The monoisotopic (exact) mass is 434 g/mol. The van der Waals surface area contributed by atoms with Gasteiger partial charge in [0, 0.05) is 32.2 Å². The van der Waals surface area contributed by atoms with Crippen LogP contribution >= 0.6 is 0 Å². The van der Waals surface area contributed by atoms with Crippen LogP contribution in [0.1, 0.15) is 6.92 Å². The number of carbonyl (C=O) groups excluding carboxylic acids is 1. The van der Waals surface area contributed by atoms with E-state index in [4.69, 9.17) is 4.74 Å². The maximum atomic E-state index is 13.2. The summed E-state index contributed by atoms with van der Waals surface area (Å²) in [6.07, 6.45) is -0.434. The van der Waals surface area contributed by atoms with Crippen molar-refractivity contribution in [3.05, 3.63) is 30.1 Å². The van der Waals surface area contributed by atoms with Gasteiger partial charge in [-0.25, -0.2) is 26.0 Å². The Morgan fingerprint density at radius 1 is 1.14 bits per heavy atom. The highest BCUT2D eigenvalue weighted by Crippen LogP contribution is 2.29. The molecule has 0 radical (unpaired) electrons. The van der Waals surface area contributed by atoms with Gasteiger partial charge in [0.1, 0.15) is 5.82 Å². The fourth-order valence-electron chi connectivity index (χ4n) is 3.68. The second kappa shape index (κ2) is 7.96. The van der Waals surface area contributed by atoms with Crippen molar-refractivity contribution in [2.24, 2.45) is 0 Å². The van der Waals surface area contributed by atoms with Crippen molar-refractivity contribution in [1.29, 1.82) is 0 Å². The average molecular weight is 435 g/mol. The average Bonchev–Trinajstić information content (AvgIpc) is 2.99. The molecule has 2 saturated heterocycles. The Hall–Kier alpha value is -1.72. The van der Waals surface area contributed by atoms with Crippen LogP contribution in [0.2, 0.25) is 0 Å². The molecule has 28 heavy (non-hydrogen) atoms. The van der Waals surface area contributed by atoms with Gasteiger partial charge in [0.05, 0.1) is 28.3 Å². The second-order valence-corrected chi connectivity index (χ2v) is 11.2. The minimum atomic E-state index is -3.96. The zero-order valence-electron chi connectivity index (χ0n) is 15.5. The molecule has 1 aromatic rings. The van der Waals surface area contributed by atoms with Crippen LogP contribution in [0.25, 0.3) is 0 Å². The molecule has 2 aliphatic rings. The molecule has 1 amide bonds. The molecule has 3 rings (SSSR count). The van der Waals surface area contributed by atoms with Crippen molar-refractivity contribution in [1.82, 2.24) is 9.80 Å². The number of piperazine rings is 1. The molecule has 0 N–H and O–H groups in total. The van der Waals surface area contributed by atoms with E-state index >= 15 is 0 Å². The van der Waals surface area contributed by atoms with Crippen LogP contribution in [0.3, 0.4) is 0 Å². The molecule has 1 aromatic carbocycles. The van der Waals surface area contributed by atoms with Crippen LogP contribution in [-0.4, -0.2) is 88.3 Å². The smallest absolute Gasteiger partial charge is 0.409 e. The summed E-state index contributed by atoms with van der Waals surface area (Å²) in [5, 5.41) is -1.13. The van der Waals surface area contributed by atoms with Crippen LogP contribution in [0.5, 0.6) is 0 Å². The Labute approximate surface area is 164 Å². The number of ether oxygens (including phenoxy) is 1. The number of hydrogen-bond donors (Lipinski definition) is 0. The summed E-state index contributed by atoms with van der Waals surface area (Å²) in [4.78, 5) is 15.1. The van der Waals surface area contributed by atoms with Crippen molar-refractivity contribution >= 4 is 25.8 Å². The Bertz CT molecular complexity index is 925. The van der Waals surface area contributed by atoms with Crippen LogP contribution in [-0.2, 0) is 24.4 Å². The van der Waals surface area contributed by atoms with E-state index in [2.05, 4.69) is 0 Å². The number of hydrogen-bond acceptors (Lipinski definition) is 7. The minimum absolute atomic E-state index is 0.0915. The largest absolute Gasteiger partial charge is 0.450 e. The number of rotatable bonds is 4. The fraction of sp³-hybridized carbons (Fsp3) is 0.588. The zero-order valence-corrected chi connectivity index (χ0v) is 17.1. The lowest BCUT2D eigenvalue weighted by atomic mass is 10.2. The molecule has 0 bridgehead atoms. The summed E-state index contributed by atoms with van der Waals surface area (Å²) in [5.74, 6) is -1.28. The topological polar surface area (TPSA) is 101 Å². The van der Waals surface area contributed by atoms with Crippen molar-refractivity contribution in [2.75, 3.05) is 44.3 Å². The highest BCUT2D eigenvalue weighted by molar-refractivity contribution is 7.96. The van der Waals surface area contributed by atoms with Gasteiger partial charge in [-0.05, 0) is 31.2 Å². The first-order chi connectivity index (χ1) is 13.1. The molecule has 8 nitrogen and oxygen atoms in total. The first kappa shape index (κ1) is 21.0. The lowest BCUT2D eigenvalue weighted by Gasteiger charge is -2.38. The molecule has 0 aliphatic carbocycles. The normalized spacial score (nSPS) is 25.6. The first-order valence-electron chi connectivity index (χ1n) is 8.99. The number of carbonyl (C=O) groups is 1. The van der Waals surface area contributed by atoms with Gasteiger partial charge in [0.2, 0.25) is 0 Å². The van der Waals surface area contributed by atoms with Crippen molar-refractivity contribution in [3.8, 4) is 0 Å². The lowest BCUT2D eigenvalue weighted by molar-refractivity contribution is 0.0700. The molecule has 2 heterocycles. The Morgan fingerprint density at radius 3 is 2.32 bits per heavy atom. The SMILES string of the molecule is CCOC(=O)N1CCN([C@H]2CS(=O)(=O)C[C@@H]2S(=O)(=O)c2ccc(F)cc2)CC1. The van der Waals surface area contributed by atoms with E-state index in [0.29, 0.717) is 26.2 Å². The molecule has 2 aliphatic heterocycles. The lowest BCUT2D eigenvalue weighted by Crippen LogP contribution is -2.55. The van der Waals surface area contributed by atoms with E-state index in [1.54, 1.807) is 6.92 Å². The number of amides is 1. The quantitative estimate of drug-likeness (QED) is 0.638. The number of nitrogens with zero attached hydrogens (tertiary/aromatic N) is 2. The van der Waals surface area contributed by atoms with Crippen LogP contribution in [0, 0.1) is 5.82 Å². The summed E-state index contributed by atoms with van der Waals surface area (Å²) in [6.45, 7) is 3.35. The maximum Gasteiger partial charge on any atom is 0.409 e. The van der Waals surface area contributed by atoms with E-state index in [0.717, 1.165) is 24.3 Å². The molecule has 0 aromatic heterocycles. The van der Waals surface area contributed by atoms with Gasteiger partial charge in [-0.1, -0.05) is 0 Å². The first-order valence-corrected chi connectivity index (χ1v) is 12.4. The molecule has 11 heteroatoms. The van der Waals surface area contributed by atoms with E-state index in [9.17, 15) is 26.0 Å². The van der Waals surface area contributed by atoms with E-state index in [1.165, 1.54) is 4.90 Å². The summed E-state index contributed by atoms with van der Waals surface area (Å²) in [5.41, 5.74) is 0. The highest BCUT2D eigenvalue weighted by atomic mass is 32.2. The summed E-state index contributed by atoms with van der Waals surface area (Å²) < 4.78 is 68.7. The second-order valence-electron chi connectivity index (χ2n) is 6.90. The Balaban J connectivity index is 1.80. The minimum Gasteiger partial charge on any atom is -0.450 e. The summed E-state index contributed by atoms with van der Waals surface area (Å²) in [6, 6.07) is 3.70. The molecule has 0 spiro atoms.